The number of benzene rings is 2. The predicted molar refractivity (Wildman–Crippen MR) is 111 cm³/mol. The number of carbonyl (C=O) groups excluding carboxylic acids is 1. The Balaban J connectivity index is 1.76. The zero-order valence-corrected chi connectivity index (χ0v) is 16.1. The largest absolute Gasteiger partial charge is 0.468 e. The first-order valence-electron chi connectivity index (χ1n) is 9.19. The summed E-state index contributed by atoms with van der Waals surface area (Å²) in [4.78, 5) is 18.9. The highest BCUT2D eigenvalue weighted by Gasteiger charge is 2.35. The Morgan fingerprint density at radius 2 is 1.93 bits per heavy atom. The number of nitrogens with zero attached hydrogens (tertiary/aromatic N) is 1. The number of nitrogens with one attached hydrogen (secondary N) is 1. The molecular formula is C22H22N2O2S. The number of H-pyrrole nitrogens is 1. The van der Waals surface area contributed by atoms with E-state index in [1.54, 1.807) is 0 Å². The number of para-hydroxylation sites is 1. The summed E-state index contributed by atoms with van der Waals surface area (Å²) in [7, 11) is 1.42. The molecular weight excluding hydrogens is 356 g/mol. The van der Waals surface area contributed by atoms with Crippen LogP contribution in [0.1, 0.15) is 29.2 Å². The molecule has 2 aromatic carbocycles. The second-order valence-electron chi connectivity index (χ2n) is 6.87. The monoisotopic (exact) mass is 378 g/mol. The first-order valence-corrected chi connectivity index (χ1v) is 9.60. The van der Waals surface area contributed by atoms with Gasteiger partial charge in [0.2, 0.25) is 0 Å². The minimum atomic E-state index is -0.587. The van der Waals surface area contributed by atoms with Gasteiger partial charge in [-0.25, -0.2) is 0 Å². The SMILES string of the molecule is COC(=O)C1C(=S)N(Cc2ccccc2)CCCc2c1[nH]c1ccccc21. The summed E-state index contributed by atoms with van der Waals surface area (Å²) in [6.45, 7) is 1.52. The Labute approximate surface area is 164 Å². The molecule has 0 radical (unpaired) electrons. The van der Waals surface area contributed by atoms with Crippen LogP contribution in [-0.4, -0.2) is 34.5 Å². The molecule has 1 aliphatic heterocycles. The van der Waals surface area contributed by atoms with E-state index in [0.29, 0.717) is 11.5 Å². The molecule has 0 bridgehead atoms. The van der Waals surface area contributed by atoms with Gasteiger partial charge in [0.25, 0.3) is 0 Å². The molecule has 1 unspecified atom stereocenters. The van der Waals surface area contributed by atoms with E-state index in [-0.39, 0.29) is 5.97 Å². The van der Waals surface area contributed by atoms with E-state index in [0.717, 1.165) is 30.6 Å². The number of aryl methyl sites for hydroxylation is 1. The molecule has 1 aliphatic rings. The van der Waals surface area contributed by atoms with E-state index in [1.807, 2.05) is 36.4 Å². The molecule has 1 aromatic heterocycles. The summed E-state index contributed by atoms with van der Waals surface area (Å²) in [5.41, 5.74) is 4.28. The highest BCUT2D eigenvalue weighted by atomic mass is 32.1. The molecule has 0 aliphatic carbocycles. The molecule has 3 aromatic rings. The number of aromatic amines is 1. The van der Waals surface area contributed by atoms with Crippen molar-refractivity contribution < 1.29 is 9.53 Å². The van der Waals surface area contributed by atoms with E-state index in [4.69, 9.17) is 17.0 Å². The maximum absolute atomic E-state index is 12.7. The third kappa shape index (κ3) is 3.35. The van der Waals surface area contributed by atoms with Gasteiger partial charge in [-0.15, -0.1) is 0 Å². The fraction of sp³-hybridized carbons (Fsp3) is 0.273. The number of hydrogen-bond acceptors (Lipinski definition) is 3. The molecule has 4 rings (SSSR count). The highest BCUT2D eigenvalue weighted by molar-refractivity contribution is 7.80. The minimum Gasteiger partial charge on any atom is -0.468 e. The van der Waals surface area contributed by atoms with E-state index in [1.165, 1.54) is 23.6 Å². The molecule has 0 spiro atoms. The third-order valence-electron chi connectivity index (χ3n) is 5.20. The van der Waals surface area contributed by atoms with Crippen molar-refractivity contribution in [3.05, 3.63) is 71.4 Å². The zero-order valence-electron chi connectivity index (χ0n) is 15.3. The van der Waals surface area contributed by atoms with Gasteiger partial charge in [-0.2, -0.15) is 0 Å². The summed E-state index contributed by atoms with van der Waals surface area (Å²) >= 11 is 5.82. The maximum Gasteiger partial charge on any atom is 0.321 e. The fourth-order valence-corrected chi connectivity index (χ4v) is 4.27. The molecule has 27 heavy (non-hydrogen) atoms. The van der Waals surface area contributed by atoms with Crippen molar-refractivity contribution in [1.29, 1.82) is 0 Å². The van der Waals surface area contributed by atoms with Crippen molar-refractivity contribution in [1.82, 2.24) is 9.88 Å². The van der Waals surface area contributed by atoms with E-state index in [9.17, 15) is 4.79 Å². The van der Waals surface area contributed by atoms with Gasteiger partial charge in [-0.3, -0.25) is 4.79 Å². The van der Waals surface area contributed by atoms with Crippen LogP contribution in [-0.2, 0) is 22.5 Å². The number of esters is 1. The summed E-state index contributed by atoms with van der Waals surface area (Å²) < 4.78 is 5.13. The van der Waals surface area contributed by atoms with E-state index < -0.39 is 5.92 Å². The van der Waals surface area contributed by atoms with Gasteiger partial charge in [0.15, 0.2) is 0 Å². The smallest absolute Gasteiger partial charge is 0.321 e. The average molecular weight is 378 g/mol. The van der Waals surface area contributed by atoms with Gasteiger partial charge >= 0.3 is 5.97 Å². The first-order chi connectivity index (χ1) is 13.2. The number of methoxy groups -OCH3 is 1. The summed E-state index contributed by atoms with van der Waals surface area (Å²) in [6, 6.07) is 18.4. The van der Waals surface area contributed by atoms with Gasteiger partial charge in [-0.05, 0) is 30.0 Å². The molecule has 1 N–H and O–H groups in total. The van der Waals surface area contributed by atoms with Crippen LogP contribution in [0.25, 0.3) is 10.9 Å². The highest BCUT2D eigenvalue weighted by Crippen LogP contribution is 2.33. The fourth-order valence-electron chi connectivity index (χ4n) is 3.90. The van der Waals surface area contributed by atoms with Crippen LogP contribution in [0, 0.1) is 0 Å². The van der Waals surface area contributed by atoms with Crippen molar-refractivity contribution in [2.75, 3.05) is 13.7 Å². The molecule has 2 heterocycles. The van der Waals surface area contributed by atoms with Crippen molar-refractivity contribution in [3.8, 4) is 0 Å². The number of thiocarbonyl (C=S) groups is 1. The quantitative estimate of drug-likeness (QED) is 0.548. The van der Waals surface area contributed by atoms with Crippen molar-refractivity contribution in [2.24, 2.45) is 0 Å². The Bertz CT molecular complexity index is 980. The topological polar surface area (TPSA) is 45.3 Å². The molecule has 1 atom stereocenters. The zero-order chi connectivity index (χ0) is 18.8. The lowest BCUT2D eigenvalue weighted by molar-refractivity contribution is -0.140. The van der Waals surface area contributed by atoms with Gasteiger partial charge in [0.05, 0.1) is 12.1 Å². The summed E-state index contributed by atoms with van der Waals surface area (Å²) in [6.07, 6.45) is 1.89. The normalized spacial score (nSPS) is 17.3. The van der Waals surface area contributed by atoms with Crippen LogP contribution in [0.4, 0.5) is 0 Å². The number of aromatic nitrogens is 1. The number of hydrogen-bond donors (Lipinski definition) is 1. The maximum atomic E-state index is 12.7. The molecule has 0 saturated heterocycles. The lowest BCUT2D eigenvalue weighted by Gasteiger charge is -2.31. The van der Waals surface area contributed by atoms with Crippen LogP contribution >= 0.6 is 12.2 Å². The average Bonchev–Trinajstić information content (AvgIpc) is 3.04. The summed E-state index contributed by atoms with van der Waals surface area (Å²) in [5.74, 6) is -0.899. The van der Waals surface area contributed by atoms with Crippen LogP contribution in [0.15, 0.2) is 54.6 Å². The standard InChI is InChI=1S/C22H22N2O2S/c1-26-22(25)19-20-17(16-10-5-6-12-18(16)23-20)11-7-13-24(21(19)27)14-15-8-3-2-4-9-15/h2-6,8-10,12,19,23H,7,11,13-14H2,1H3. The Morgan fingerprint density at radius 1 is 1.19 bits per heavy atom. The number of ether oxygens (including phenoxy) is 1. The Morgan fingerprint density at radius 3 is 2.70 bits per heavy atom. The van der Waals surface area contributed by atoms with E-state index >= 15 is 0 Å². The van der Waals surface area contributed by atoms with Gasteiger partial charge < -0.3 is 14.6 Å². The molecule has 5 heteroatoms. The second kappa shape index (κ2) is 7.53. The molecule has 0 fully saturated rings. The molecule has 0 amide bonds. The predicted octanol–water partition coefficient (Wildman–Crippen LogP) is 4.20. The van der Waals surface area contributed by atoms with Gasteiger partial charge in [0, 0.05) is 29.7 Å². The minimum absolute atomic E-state index is 0.312. The molecule has 4 nitrogen and oxygen atoms in total. The molecule has 138 valence electrons. The third-order valence-corrected chi connectivity index (χ3v) is 5.70. The number of carbonyl (C=O) groups is 1. The van der Waals surface area contributed by atoms with Crippen LogP contribution in [0.5, 0.6) is 0 Å². The lowest BCUT2D eigenvalue weighted by atomic mass is 9.94. The van der Waals surface area contributed by atoms with E-state index in [2.05, 4.69) is 28.1 Å². The Hall–Kier alpha value is -2.66. The van der Waals surface area contributed by atoms with Crippen LogP contribution < -0.4 is 0 Å². The van der Waals surface area contributed by atoms with Crippen molar-refractivity contribution >= 4 is 34.1 Å². The van der Waals surface area contributed by atoms with Crippen molar-refractivity contribution in [2.45, 2.75) is 25.3 Å². The second-order valence-corrected chi connectivity index (χ2v) is 7.29. The molecule has 0 saturated carbocycles. The first kappa shape index (κ1) is 17.7. The van der Waals surface area contributed by atoms with Crippen molar-refractivity contribution in [3.63, 3.8) is 0 Å². The Kier molecular flexibility index (Phi) is 4.94. The summed E-state index contributed by atoms with van der Waals surface area (Å²) in [5, 5.41) is 1.17. The van der Waals surface area contributed by atoms with Gasteiger partial charge in [-0.1, -0.05) is 60.7 Å². The number of fused-ring (bicyclic) bond motifs is 3. The van der Waals surface area contributed by atoms with Crippen LogP contribution in [0.2, 0.25) is 0 Å². The lowest BCUT2D eigenvalue weighted by Crippen LogP contribution is -2.39. The van der Waals surface area contributed by atoms with Crippen LogP contribution in [0.3, 0.4) is 0 Å². The van der Waals surface area contributed by atoms with Gasteiger partial charge in [0.1, 0.15) is 5.92 Å². The number of rotatable bonds is 3.